The highest BCUT2D eigenvalue weighted by Crippen LogP contribution is 2.24. The zero-order valence-electron chi connectivity index (χ0n) is 15.1. The summed E-state index contributed by atoms with van der Waals surface area (Å²) in [4.78, 5) is 25.5. The maximum atomic E-state index is 12.3. The van der Waals surface area contributed by atoms with Gasteiger partial charge in [-0.15, -0.1) is 11.8 Å². The van der Waals surface area contributed by atoms with E-state index in [-0.39, 0.29) is 5.91 Å². The van der Waals surface area contributed by atoms with Crippen molar-refractivity contribution in [2.45, 2.75) is 43.9 Å². The number of aryl methyl sites for hydroxylation is 2. The van der Waals surface area contributed by atoms with Crippen molar-refractivity contribution in [2.24, 2.45) is 7.05 Å². The van der Waals surface area contributed by atoms with Crippen molar-refractivity contribution in [3.05, 3.63) is 41.7 Å². The highest BCUT2D eigenvalue weighted by Gasteiger charge is 2.24. The molecular weight excluding hydrogens is 338 g/mol. The summed E-state index contributed by atoms with van der Waals surface area (Å²) in [5.41, 5.74) is 2.22. The molecule has 0 aliphatic heterocycles. The van der Waals surface area contributed by atoms with Crippen LogP contribution >= 0.6 is 11.8 Å². The van der Waals surface area contributed by atoms with Gasteiger partial charge in [-0.3, -0.25) is 14.3 Å². The fourth-order valence-corrected chi connectivity index (χ4v) is 3.13. The number of anilines is 1. The Labute approximate surface area is 151 Å². The number of ether oxygens (including phenoxy) is 1. The van der Waals surface area contributed by atoms with Crippen LogP contribution in [0.2, 0.25) is 0 Å². The van der Waals surface area contributed by atoms with Crippen molar-refractivity contribution < 1.29 is 14.3 Å². The van der Waals surface area contributed by atoms with Crippen molar-refractivity contribution in [1.82, 2.24) is 9.78 Å². The van der Waals surface area contributed by atoms with Crippen molar-refractivity contribution in [3.8, 4) is 0 Å². The van der Waals surface area contributed by atoms with Gasteiger partial charge in [0.1, 0.15) is 5.25 Å². The van der Waals surface area contributed by atoms with Gasteiger partial charge in [0.05, 0.1) is 17.1 Å². The number of aromatic nitrogens is 2. The Balaban J connectivity index is 1.92. The number of nitrogens with one attached hydrogen (secondary N) is 1. The van der Waals surface area contributed by atoms with E-state index in [1.54, 1.807) is 18.5 Å². The Hall–Kier alpha value is -2.28. The summed E-state index contributed by atoms with van der Waals surface area (Å²) < 4.78 is 7.00. The van der Waals surface area contributed by atoms with Gasteiger partial charge in [-0.05, 0) is 39.8 Å². The second-order valence-electron chi connectivity index (χ2n) is 5.81. The van der Waals surface area contributed by atoms with E-state index >= 15 is 0 Å². The topological polar surface area (TPSA) is 73.2 Å². The summed E-state index contributed by atoms with van der Waals surface area (Å²) in [5, 5.41) is 6.63. The predicted octanol–water partition coefficient (Wildman–Crippen LogP) is 3.09. The van der Waals surface area contributed by atoms with Gasteiger partial charge in [0.15, 0.2) is 6.10 Å². The lowest BCUT2D eigenvalue weighted by atomic mass is 10.3. The minimum atomic E-state index is -0.884. The van der Waals surface area contributed by atoms with Crippen LogP contribution < -0.4 is 5.32 Å². The molecule has 0 aliphatic rings. The zero-order chi connectivity index (χ0) is 18.6. The standard InChI is InChI=1S/C18H23N3O3S/c1-11-16(12(2)21(5)20-11)19-17(22)13(3)24-18(23)14(4)25-15-9-7-6-8-10-15/h6-10,13-14H,1-5H3,(H,19,22)/t13-,14+/m1/s1. The third-order valence-corrected chi connectivity index (χ3v) is 4.90. The van der Waals surface area contributed by atoms with Crippen LogP contribution in [0.4, 0.5) is 5.69 Å². The van der Waals surface area contributed by atoms with Gasteiger partial charge in [0.2, 0.25) is 0 Å². The van der Waals surface area contributed by atoms with Crippen molar-refractivity contribution >= 4 is 29.3 Å². The summed E-state index contributed by atoms with van der Waals surface area (Å²) in [6.07, 6.45) is -0.884. The van der Waals surface area contributed by atoms with Gasteiger partial charge in [-0.2, -0.15) is 5.10 Å². The highest BCUT2D eigenvalue weighted by atomic mass is 32.2. The molecule has 2 rings (SSSR count). The minimum Gasteiger partial charge on any atom is -0.452 e. The molecule has 6 nitrogen and oxygen atoms in total. The second kappa shape index (κ2) is 8.20. The molecule has 0 bridgehead atoms. The third kappa shape index (κ3) is 4.85. The molecule has 1 amide bonds. The first kappa shape index (κ1) is 19.1. The smallest absolute Gasteiger partial charge is 0.319 e. The number of nitrogens with zero attached hydrogens (tertiary/aromatic N) is 2. The molecule has 1 N–H and O–H groups in total. The number of carbonyl (C=O) groups is 2. The van der Waals surface area contributed by atoms with Crippen LogP contribution in [-0.2, 0) is 21.4 Å². The minimum absolute atomic E-state index is 0.371. The number of esters is 1. The quantitative estimate of drug-likeness (QED) is 0.632. The summed E-state index contributed by atoms with van der Waals surface area (Å²) in [7, 11) is 1.81. The maximum absolute atomic E-state index is 12.3. The molecule has 134 valence electrons. The summed E-state index contributed by atoms with van der Waals surface area (Å²) in [6, 6.07) is 9.60. The largest absolute Gasteiger partial charge is 0.452 e. The lowest BCUT2D eigenvalue weighted by molar-refractivity contribution is -0.152. The Morgan fingerprint density at radius 1 is 1.20 bits per heavy atom. The summed E-state index contributed by atoms with van der Waals surface area (Å²) in [6.45, 7) is 7.01. The van der Waals surface area contributed by atoms with Crippen molar-refractivity contribution in [2.75, 3.05) is 5.32 Å². The van der Waals surface area contributed by atoms with Crippen molar-refractivity contribution in [3.63, 3.8) is 0 Å². The average Bonchev–Trinajstić information content (AvgIpc) is 2.81. The molecule has 0 unspecified atom stereocenters. The lowest BCUT2D eigenvalue weighted by Gasteiger charge is -2.16. The third-order valence-electron chi connectivity index (χ3n) is 3.81. The fourth-order valence-electron chi connectivity index (χ4n) is 2.25. The second-order valence-corrected chi connectivity index (χ2v) is 7.23. The summed E-state index contributed by atoms with van der Waals surface area (Å²) >= 11 is 1.40. The molecule has 25 heavy (non-hydrogen) atoms. The van der Waals surface area contributed by atoms with E-state index in [0.29, 0.717) is 5.69 Å². The van der Waals surface area contributed by atoms with Gasteiger partial charge < -0.3 is 10.1 Å². The molecule has 0 fully saturated rings. The van der Waals surface area contributed by atoms with Gasteiger partial charge in [-0.1, -0.05) is 18.2 Å². The molecule has 7 heteroatoms. The number of benzene rings is 1. The van der Waals surface area contributed by atoms with E-state index in [9.17, 15) is 9.59 Å². The Morgan fingerprint density at radius 3 is 2.40 bits per heavy atom. The fraction of sp³-hybridized carbons (Fsp3) is 0.389. The molecule has 2 aromatic rings. The first-order chi connectivity index (χ1) is 11.8. The van der Waals surface area contributed by atoms with E-state index < -0.39 is 17.3 Å². The molecule has 0 saturated carbocycles. The number of amides is 1. The van der Waals surface area contributed by atoms with Crippen LogP contribution in [0.15, 0.2) is 35.2 Å². The molecule has 2 atom stereocenters. The monoisotopic (exact) mass is 361 g/mol. The average molecular weight is 361 g/mol. The molecule has 1 heterocycles. The van der Waals surface area contributed by atoms with E-state index in [0.717, 1.165) is 16.3 Å². The van der Waals surface area contributed by atoms with Gasteiger partial charge >= 0.3 is 5.97 Å². The molecular formula is C18H23N3O3S. The van der Waals surface area contributed by atoms with Gasteiger partial charge in [0.25, 0.3) is 5.91 Å². The van der Waals surface area contributed by atoms with E-state index in [1.165, 1.54) is 11.8 Å². The number of thioether (sulfide) groups is 1. The highest BCUT2D eigenvalue weighted by molar-refractivity contribution is 8.00. The van der Waals surface area contributed by atoms with Gasteiger partial charge in [-0.25, -0.2) is 0 Å². The Kier molecular flexibility index (Phi) is 6.25. The molecule has 0 saturated heterocycles. The Morgan fingerprint density at radius 2 is 1.84 bits per heavy atom. The number of hydrogen-bond donors (Lipinski definition) is 1. The molecule has 0 spiro atoms. The van der Waals surface area contributed by atoms with Crippen LogP contribution in [0.25, 0.3) is 0 Å². The normalized spacial score (nSPS) is 13.2. The summed E-state index contributed by atoms with van der Waals surface area (Å²) in [5.74, 6) is -0.791. The number of hydrogen-bond acceptors (Lipinski definition) is 5. The first-order valence-electron chi connectivity index (χ1n) is 8.03. The number of rotatable bonds is 6. The SMILES string of the molecule is Cc1nn(C)c(C)c1NC(=O)[C@@H](C)OC(=O)[C@H](C)Sc1ccccc1. The van der Waals surface area contributed by atoms with Crippen LogP contribution in [-0.4, -0.2) is 33.0 Å². The van der Waals surface area contributed by atoms with Crippen LogP contribution in [0.5, 0.6) is 0 Å². The van der Waals surface area contributed by atoms with Crippen LogP contribution in [0.1, 0.15) is 25.2 Å². The van der Waals surface area contributed by atoms with Crippen LogP contribution in [0.3, 0.4) is 0 Å². The van der Waals surface area contributed by atoms with Crippen molar-refractivity contribution in [1.29, 1.82) is 0 Å². The predicted molar refractivity (Wildman–Crippen MR) is 98.6 cm³/mol. The molecule has 1 aromatic carbocycles. The number of carbonyl (C=O) groups excluding carboxylic acids is 2. The van der Waals surface area contributed by atoms with E-state index in [1.807, 2.05) is 51.2 Å². The molecule has 0 aliphatic carbocycles. The van der Waals surface area contributed by atoms with E-state index in [2.05, 4.69) is 10.4 Å². The van der Waals surface area contributed by atoms with Gasteiger partial charge in [0, 0.05) is 11.9 Å². The molecule has 0 radical (unpaired) electrons. The van der Waals surface area contributed by atoms with E-state index in [4.69, 9.17) is 4.74 Å². The molecule has 1 aromatic heterocycles. The Bertz CT molecular complexity index is 758. The zero-order valence-corrected chi connectivity index (χ0v) is 15.9. The first-order valence-corrected chi connectivity index (χ1v) is 8.90. The lowest BCUT2D eigenvalue weighted by Crippen LogP contribution is -2.32. The van der Waals surface area contributed by atoms with Crippen LogP contribution in [0, 0.1) is 13.8 Å². The maximum Gasteiger partial charge on any atom is 0.319 e.